The molecule has 0 bridgehead atoms. The molecule has 78 valence electrons. The SMILES string of the molecule is CCC1CCC(Nc2cn[nH]c2)CC1. The van der Waals surface area contributed by atoms with Crippen LogP contribution in [0.4, 0.5) is 5.69 Å². The van der Waals surface area contributed by atoms with Crippen LogP contribution in [0.3, 0.4) is 0 Å². The van der Waals surface area contributed by atoms with Gasteiger partial charge in [0.15, 0.2) is 0 Å². The second kappa shape index (κ2) is 4.49. The standard InChI is InChI=1S/C11H19N3/c1-2-9-3-5-10(6-4-9)14-11-7-12-13-8-11/h7-10,14H,2-6H2,1H3,(H,12,13). The van der Waals surface area contributed by atoms with Gasteiger partial charge in [0.25, 0.3) is 0 Å². The highest BCUT2D eigenvalue weighted by molar-refractivity contribution is 5.38. The molecule has 0 amide bonds. The van der Waals surface area contributed by atoms with Crippen LogP contribution in [0, 0.1) is 5.92 Å². The Bertz CT molecular complexity index is 248. The van der Waals surface area contributed by atoms with Gasteiger partial charge in [-0.05, 0) is 31.6 Å². The molecule has 2 rings (SSSR count). The smallest absolute Gasteiger partial charge is 0.0725 e. The quantitative estimate of drug-likeness (QED) is 0.775. The van der Waals surface area contributed by atoms with E-state index in [1.54, 1.807) is 0 Å². The molecule has 0 spiro atoms. The molecule has 1 aliphatic rings. The first-order valence-corrected chi connectivity index (χ1v) is 5.63. The highest BCUT2D eigenvalue weighted by atomic mass is 15.1. The lowest BCUT2D eigenvalue weighted by Gasteiger charge is -2.28. The Morgan fingerprint density at radius 2 is 2.21 bits per heavy atom. The van der Waals surface area contributed by atoms with Gasteiger partial charge in [-0.3, -0.25) is 5.10 Å². The molecule has 3 nitrogen and oxygen atoms in total. The monoisotopic (exact) mass is 193 g/mol. The fourth-order valence-corrected chi connectivity index (χ4v) is 2.28. The number of hydrogen-bond acceptors (Lipinski definition) is 2. The zero-order chi connectivity index (χ0) is 9.80. The van der Waals surface area contributed by atoms with Crippen LogP contribution in [0.5, 0.6) is 0 Å². The molecular weight excluding hydrogens is 174 g/mol. The van der Waals surface area contributed by atoms with Gasteiger partial charge in [0.2, 0.25) is 0 Å². The summed E-state index contributed by atoms with van der Waals surface area (Å²) in [6.45, 7) is 2.30. The Morgan fingerprint density at radius 3 is 2.79 bits per heavy atom. The fourth-order valence-electron chi connectivity index (χ4n) is 2.28. The minimum absolute atomic E-state index is 0.662. The lowest BCUT2D eigenvalue weighted by Crippen LogP contribution is -2.25. The number of nitrogens with zero attached hydrogens (tertiary/aromatic N) is 1. The van der Waals surface area contributed by atoms with Crippen molar-refractivity contribution in [3.63, 3.8) is 0 Å². The molecule has 0 aromatic carbocycles. The van der Waals surface area contributed by atoms with Crippen LogP contribution in [-0.4, -0.2) is 16.2 Å². The van der Waals surface area contributed by atoms with Gasteiger partial charge < -0.3 is 5.32 Å². The first kappa shape index (κ1) is 9.56. The number of anilines is 1. The number of aromatic amines is 1. The number of rotatable bonds is 3. The maximum absolute atomic E-state index is 3.93. The third-order valence-electron chi connectivity index (χ3n) is 3.29. The Labute approximate surface area is 85.3 Å². The van der Waals surface area contributed by atoms with E-state index in [0.717, 1.165) is 11.6 Å². The molecule has 0 radical (unpaired) electrons. The average Bonchev–Trinajstić information content (AvgIpc) is 2.72. The van der Waals surface area contributed by atoms with E-state index in [2.05, 4.69) is 22.4 Å². The Balaban J connectivity index is 1.79. The minimum Gasteiger partial charge on any atom is -0.380 e. The van der Waals surface area contributed by atoms with Gasteiger partial charge >= 0.3 is 0 Å². The van der Waals surface area contributed by atoms with Gasteiger partial charge in [0.05, 0.1) is 11.9 Å². The summed E-state index contributed by atoms with van der Waals surface area (Å²) < 4.78 is 0. The zero-order valence-electron chi connectivity index (χ0n) is 8.79. The first-order chi connectivity index (χ1) is 6.88. The highest BCUT2D eigenvalue weighted by Gasteiger charge is 2.19. The van der Waals surface area contributed by atoms with Crippen molar-refractivity contribution in [1.82, 2.24) is 10.2 Å². The number of aromatic nitrogens is 2. The van der Waals surface area contributed by atoms with E-state index in [1.807, 2.05) is 12.4 Å². The molecule has 14 heavy (non-hydrogen) atoms. The van der Waals surface area contributed by atoms with Crippen LogP contribution in [0.15, 0.2) is 12.4 Å². The first-order valence-electron chi connectivity index (χ1n) is 5.63. The summed E-state index contributed by atoms with van der Waals surface area (Å²) in [5.41, 5.74) is 1.13. The van der Waals surface area contributed by atoms with Crippen molar-refractivity contribution in [2.75, 3.05) is 5.32 Å². The highest BCUT2D eigenvalue weighted by Crippen LogP contribution is 2.28. The lowest BCUT2D eigenvalue weighted by molar-refractivity contribution is 0.330. The molecule has 2 N–H and O–H groups in total. The summed E-state index contributed by atoms with van der Waals surface area (Å²) in [7, 11) is 0. The summed E-state index contributed by atoms with van der Waals surface area (Å²) in [5, 5.41) is 10.3. The number of hydrogen-bond donors (Lipinski definition) is 2. The van der Waals surface area contributed by atoms with Crippen molar-refractivity contribution in [3.8, 4) is 0 Å². The predicted molar refractivity (Wildman–Crippen MR) is 58.2 cm³/mol. The average molecular weight is 193 g/mol. The third kappa shape index (κ3) is 2.28. The molecule has 1 heterocycles. The predicted octanol–water partition coefficient (Wildman–Crippen LogP) is 2.79. The molecule has 1 aromatic rings. The summed E-state index contributed by atoms with van der Waals surface area (Å²) >= 11 is 0. The molecule has 1 fully saturated rings. The fraction of sp³-hybridized carbons (Fsp3) is 0.727. The van der Waals surface area contributed by atoms with Crippen LogP contribution >= 0.6 is 0 Å². The topological polar surface area (TPSA) is 40.7 Å². The second-order valence-electron chi connectivity index (χ2n) is 4.26. The van der Waals surface area contributed by atoms with Gasteiger partial charge in [-0.2, -0.15) is 5.10 Å². The van der Waals surface area contributed by atoms with E-state index in [1.165, 1.54) is 32.1 Å². The summed E-state index contributed by atoms with van der Waals surface area (Å²) in [4.78, 5) is 0. The van der Waals surface area contributed by atoms with Gasteiger partial charge in [0.1, 0.15) is 0 Å². The largest absolute Gasteiger partial charge is 0.380 e. The molecule has 1 aromatic heterocycles. The Kier molecular flexibility index (Phi) is 3.07. The van der Waals surface area contributed by atoms with Crippen molar-refractivity contribution in [2.45, 2.75) is 45.1 Å². The van der Waals surface area contributed by atoms with E-state index in [0.29, 0.717) is 6.04 Å². The van der Waals surface area contributed by atoms with Gasteiger partial charge in [-0.1, -0.05) is 13.3 Å². The summed E-state index contributed by atoms with van der Waals surface area (Å²) in [6.07, 6.45) is 10.5. The maximum atomic E-state index is 3.93. The lowest BCUT2D eigenvalue weighted by atomic mass is 9.84. The Morgan fingerprint density at radius 1 is 1.43 bits per heavy atom. The normalized spacial score (nSPS) is 27.5. The van der Waals surface area contributed by atoms with E-state index >= 15 is 0 Å². The van der Waals surface area contributed by atoms with Gasteiger partial charge in [0, 0.05) is 12.2 Å². The van der Waals surface area contributed by atoms with Gasteiger partial charge in [-0.25, -0.2) is 0 Å². The minimum atomic E-state index is 0.662. The molecule has 0 aliphatic heterocycles. The zero-order valence-corrected chi connectivity index (χ0v) is 8.79. The third-order valence-corrected chi connectivity index (χ3v) is 3.29. The molecule has 0 saturated heterocycles. The Hall–Kier alpha value is -0.990. The van der Waals surface area contributed by atoms with E-state index in [4.69, 9.17) is 0 Å². The van der Waals surface area contributed by atoms with Crippen molar-refractivity contribution in [3.05, 3.63) is 12.4 Å². The van der Waals surface area contributed by atoms with E-state index in [9.17, 15) is 0 Å². The molecule has 0 atom stereocenters. The summed E-state index contributed by atoms with van der Waals surface area (Å²) in [5.74, 6) is 0.970. The van der Waals surface area contributed by atoms with Crippen LogP contribution < -0.4 is 5.32 Å². The van der Waals surface area contributed by atoms with E-state index < -0.39 is 0 Å². The number of nitrogens with one attached hydrogen (secondary N) is 2. The van der Waals surface area contributed by atoms with Crippen molar-refractivity contribution in [1.29, 1.82) is 0 Å². The van der Waals surface area contributed by atoms with Crippen LogP contribution in [0.1, 0.15) is 39.0 Å². The molecule has 1 aliphatic carbocycles. The molecule has 1 saturated carbocycles. The van der Waals surface area contributed by atoms with Gasteiger partial charge in [-0.15, -0.1) is 0 Å². The molecule has 3 heteroatoms. The van der Waals surface area contributed by atoms with Crippen molar-refractivity contribution >= 4 is 5.69 Å². The van der Waals surface area contributed by atoms with Crippen molar-refractivity contribution in [2.24, 2.45) is 5.92 Å². The van der Waals surface area contributed by atoms with E-state index in [-0.39, 0.29) is 0 Å². The van der Waals surface area contributed by atoms with Crippen LogP contribution in [0.25, 0.3) is 0 Å². The van der Waals surface area contributed by atoms with Crippen LogP contribution in [-0.2, 0) is 0 Å². The molecule has 0 unspecified atom stereocenters. The maximum Gasteiger partial charge on any atom is 0.0725 e. The van der Waals surface area contributed by atoms with Crippen molar-refractivity contribution < 1.29 is 0 Å². The second-order valence-corrected chi connectivity index (χ2v) is 4.26. The summed E-state index contributed by atoms with van der Waals surface area (Å²) in [6, 6.07) is 0.662. The molecular formula is C11H19N3. The van der Waals surface area contributed by atoms with Crippen LogP contribution in [0.2, 0.25) is 0 Å². The number of H-pyrrole nitrogens is 1.